The molecular formula is C18H17NO5. The molecule has 2 aliphatic rings. The summed E-state index contributed by atoms with van der Waals surface area (Å²) in [6, 6.07) is 5.48. The van der Waals surface area contributed by atoms with Gasteiger partial charge in [-0.05, 0) is 38.1 Å². The van der Waals surface area contributed by atoms with E-state index >= 15 is 0 Å². The van der Waals surface area contributed by atoms with E-state index in [0.29, 0.717) is 12.0 Å². The molecule has 0 amide bonds. The van der Waals surface area contributed by atoms with Gasteiger partial charge in [0.05, 0.1) is 18.4 Å². The highest BCUT2D eigenvalue weighted by molar-refractivity contribution is 6.16. The van der Waals surface area contributed by atoms with Crippen molar-refractivity contribution < 1.29 is 23.9 Å². The highest BCUT2D eigenvalue weighted by Gasteiger charge is 2.51. The van der Waals surface area contributed by atoms with Crippen LogP contribution >= 0.6 is 0 Å². The molecule has 0 unspecified atom stereocenters. The van der Waals surface area contributed by atoms with E-state index in [9.17, 15) is 14.4 Å². The molecular weight excluding hydrogens is 310 g/mol. The topological polar surface area (TPSA) is 72.9 Å². The monoisotopic (exact) mass is 327 g/mol. The maximum absolute atomic E-state index is 12.1. The van der Waals surface area contributed by atoms with Crippen molar-refractivity contribution in [1.29, 1.82) is 0 Å². The highest BCUT2D eigenvalue weighted by Crippen LogP contribution is 2.39. The number of Topliss-reactive ketones (excluding diaryl/α,β-unsaturated/α-hetero) is 2. The molecule has 24 heavy (non-hydrogen) atoms. The number of ether oxygens (including phenoxy) is 2. The molecule has 3 rings (SSSR count). The smallest absolute Gasteiger partial charge is 0.216 e. The van der Waals surface area contributed by atoms with Gasteiger partial charge in [0.15, 0.2) is 24.1 Å². The summed E-state index contributed by atoms with van der Waals surface area (Å²) in [4.78, 5) is 37.5. The Bertz CT molecular complexity index is 779. The molecule has 6 heteroatoms. The molecule has 0 saturated carbocycles. The summed E-state index contributed by atoms with van der Waals surface area (Å²) in [7, 11) is 1.58. The minimum Gasteiger partial charge on any atom is -0.497 e. The third-order valence-electron chi connectivity index (χ3n) is 4.33. The number of carbonyl (C=O) groups excluding carboxylic acids is 3. The minimum atomic E-state index is -1.85. The maximum Gasteiger partial charge on any atom is 0.216 e. The van der Waals surface area contributed by atoms with Crippen LogP contribution in [0.15, 0.2) is 36.0 Å². The number of hydrogen-bond donors (Lipinski definition) is 0. The lowest BCUT2D eigenvalue weighted by Gasteiger charge is -2.43. The largest absolute Gasteiger partial charge is 0.497 e. The Labute approximate surface area is 139 Å². The van der Waals surface area contributed by atoms with Gasteiger partial charge in [-0.2, -0.15) is 0 Å². The summed E-state index contributed by atoms with van der Waals surface area (Å²) >= 11 is 0. The van der Waals surface area contributed by atoms with E-state index in [2.05, 4.69) is 0 Å². The van der Waals surface area contributed by atoms with E-state index in [4.69, 9.17) is 9.47 Å². The number of nitrogens with zero attached hydrogens (tertiary/aromatic N) is 1. The third-order valence-corrected chi connectivity index (χ3v) is 4.33. The molecule has 0 radical (unpaired) electrons. The first-order valence-electron chi connectivity index (χ1n) is 7.46. The van der Waals surface area contributed by atoms with Gasteiger partial charge in [0.25, 0.3) is 0 Å². The maximum atomic E-state index is 12.1. The zero-order valence-corrected chi connectivity index (χ0v) is 13.6. The molecule has 0 saturated heterocycles. The van der Waals surface area contributed by atoms with Gasteiger partial charge in [-0.1, -0.05) is 6.08 Å². The highest BCUT2D eigenvalue weighted by atomic mass is 16.5. The van der Waals surface area contributed by atoms with Crippen molar-refractivity contribution in [1.82, 2.24) is 0 Å². The van der Waals surface area contributed by atoms with E-state index in [1.54, 1.807) is 24.2 Å². The number of rotatable bonds is 4. The summed E-state index contributed by atoms with van der Waals surface area (Å²) < 4.78 is 11.0. The quantitative estimate of drug-likeness (QED) is 0.621. The Morgan fingerprint density at radius 1 is 1.29 bits per heavy atom. The number of benzene rings is 1. The summed E-state index contributed by atoms with van der Waals surface area (Å²) in [6.07, 6.45) is 4.94. The van der Waals surface area contributed by atoms with Crippen molar-refractivity contribution in [3.63, 3.8) is 0 Å². The fourth-order valence-electron chi connectivity index (χ4n) is 3.11. The van der Waals surface area contributed by atoms with Gasteiger partial charge in [-0.15, -0.1) is 0 Å². The number of ketones is 2. The molecule has 1 atom stereocenters. The SMILES string of the molecule is COc1ccc2c(c1)C=C[C@@H]1OC(C(C)=O)(C(C)=O)C(C=O)=CN21. The normalized spacial score (nSPS) is 20.5. The van der Waals surface area contributed by atoms with E-state index in [1.165, 1.54) is 20.0 Å². The average molecular weight is 327 g/mol. The number of methoxy groups -OCH3 is 1. The van der Waals surface area contributed by atoms with Crippen molar-refractivity contribution in [2.75, 3.05) is 12.0 Å². The Morgan fingerprint density at radius 2 is 2.00 bits per heavy atom. The summed E-state index contributed by atoms with van der Waals surface area (Å²) in [5.41, 5.74) is -0.176. The van der Waals surface area contributed by atoms with Crippen molar-refractivity contribution in [3.8, 4) is 5.75 Å². The van der Waals surface area contributed by atoms with Gasteiger partial charge in [0, 0.05) is 11.8 Å². The van der Waals surface area contributed by atoms with E-state index in [0.717, 1.165) is 11.3 Å². The summed E-state index contributed by atoms with van der Waals surface area (Å²) in [5, 5.41) is 0. The summed E-state index contributed by atoms with van der Waals surface area (Å²) in [5.74, 6) is -0.319. The first-order chi connectivity index (χ1) is 11.4. The molecule has 0 fully saturated rings. The predicted octanol–water partition coefficient (Wildman–Crippen LogP) is 1.88. The van der Waals surface area contributed by atoms with Gasteiger partial charge in [-0.25, -0.2) is 0 Å². The number of carbonyl (C=O) groups is 3. The Hall–Kier alpha value is -2.73. The van der Waals surface area contributed by atoms with Crippen LogP contribution in [0, 0.1) is 0 Å². The second kappa shape index (κ2) is 5.72. The lowest BCUT2D eigenvalue weighted by molar-refractivity contribution is -0.156. The van der Waals surface area contributed by atoms with Crippen molar-refractivity contribution in [2.24, 2.45) is 0 Å². The molecule has 2 aliphatic heterocycles. The zero-order chi connectivity index (χ0) is 17.5. The van der Waals surface area contributed by atoms with Crippen LogP contribution in [-0.2, 0) is 19.1 Å². The molecule has 1 aromatic carbocycles. The third kappa shape index (κ3) is 2.18. The first-order valence-corrected chi connectivity index (χ1v) is 7.46. The molecule has 1 aromatic rings. The molecule has 0 aromatic heterocycles. The van der Waals surface area contributed by atoms with Gasteiger partial charge in [0.1, 0.15) is 5.75 Å². The molecule has 6 nitrogen and oxygen atoms in total. The second-order valence-corrected chi connectivity index (χ2v) is 5.70. The second-order valence-electron chi connectivity index (χ2n) is 5.70. The van der Waals surface area contributed by atoms with Gasteiger partial charge < -0.3 is 14.4 Å². The van der Waals surface area contributed by atoms with Crippen LogP contribution in [0.5, 0.6) is 5.75 Å². The van der Waals surface area contributed by atoms with Gasteiger partial charge >= 0.3 is 0 Å². The van der Waals surface area contributed by atoms with Gasteiger partial charge in [0.2, 0.25) is 5.60 Å². The molecule has 0 N–H and O–H groups in total. The Balaban J connectivity index is 2.15. The van der Waals surface area contributed by atoms with Crippen LogP contribution in [0.3, 0.4) is 0 Å². The lowest BCUT2D eigenvalue weighted by atomic mass is 9.85. The number of hydrogen-bond acceptors (Lipinski definition) is 6. The van der Waals surface area contributed by atoms with Crippen molar-refractivity contribution in [2.45, 2.75) is 25.7 Å². The van der Waals surface area contributed by atoms with Crippen LogP contribution < -0.4 is 9.64 Å². The fraction of sp³-hybridized carbons (Fsp3) is 0.278. The van der Waals surface area contributed by atoms with E-state index in [1.807, 2.05) is 18.2 Å². The number of aldehydes is 1. The molecule has 0 spiro atoms. The van der Waals surface area contributed by atoms with Crippen molar-refractivity contribution in [3.05, 3.63) is 41.6 Å². The molecule has 0 bridgehead atoms. The van der Waals surface area contributed by atoms with Crippen LogP contribution in [0.4, 0.5) is 5.69 Å². The standard InChI is InChI=1S/C18H17NO5/c1-11(21)18(12(2)22)14(10-20)9-19-16-6-5-15(23-3)8-13(16)4-7-17(19)24-18/h4-10,17H,1-3H3/t17-/m0/s1. The lowest BCUT2D eigenvalue weighted by Crippen LogP contribution is -2.57. The fourth-order valence-corrected chi connectivity index (χ4v) is 3.11. The number of fused-ring (bicyclic) bond motifs is 3. The minimum absolute atomic E-state index is 0.00387. The Morgan fingerprint density at radius 3 is 2.58 bits per heavy atom. The molecule has 2 heterocycles. The van der Waals surface area contributed by atoms with Crippen molar-refractivity contribution >= 4 is 29.6 Å². The van der Waals surface area contributed by atoms with Crippen LogP contribution in [0.2, 0.25) is 0 Å². The molecule has 124 valence electrons. The van der Waals surface area contributed by atoms with Gasteiger partial charge in [-0.3, -0.25) is 14.4 Å². The van der Waals surface area contributed by atoms with Crippen LogP contribution in [0.25, 0.3) is 6.08 Å². The predicted molar refractivity (Wildman–Crippen MR) is 87.6 cm³/mol. The first kappa shape index (κ1) is 16.1. The van der Waals surface area contributed by atoms with E-state index < -0.39 is 23.4 Å². The van der Waals surface area contributed by atoms with E-state index in [-0.39, 0.29) is 5.57 Å². The Kier molecular flexibility index (Phi) is 3.85. The summed E-state index contributed by atoms with van der Waals surface area (Å²) in [6.45, 7) is 2.50. The average Bonchev–Trinajstić information content (AvgIpc) is 2.59. The molecule has 0 aliphatic carbocycles. The van der Waals surface area contributed by atoms with Crippen LogP contribution in [-0.4, -0.2) is 36.8 Å². The number of anilines is 1. The zero-order valence-electron chi connectivity index (χ0n) is 13.6. The van der Waals surface area contributed by atoms with Crippen LogP contribution in [0.1, 0.15) is 19.4 Å².